The molecule has 8 nitrogen and oxygen atoms in total. The van der Waals surface area contributed by atoms with Crippen LogP contribution in [0.15, 0.2) is 64.2 Å². The van der Waals surface area contributed by atoms with Gasteiger partial charge < -0.3 is 9.15 Å². The summed E-state index contributed by atoms with van der Waals surface area (Å²) in [6.45, 7) is 5.28. The van der Waals surface area contributed by atoms with Gasteiger partial charge in [-0.15, -0.1) is 10.2 Å². The maximum Gasteiger partial charge on any atom is 0.268 e. The molecule has 2 aromatic carbocycles. The molecule has 0 radical (unpaired) electrons. The van der Waals surface area contributed by atoms with Crippen molar-refractivity contribution >= 4 is 9.84 Å². The van der Waals surface area contributed by atoms with E-state index < -0.39 is 15.1 Å². The average molecular weight is 451 g/mol. The number of benzene rings is 2. The zero-order chi connectivity index (χ0) is 22.9. The number of rotatable bonds is 6. The number of ether oxygens (including phenoxy) is 1. The standard InChI is InChI=1S/C23H22N4O4S/c1-14(2)32(28,29)17-8-6-16(7-9-17)19-12-24-13-20(25-19)23-27-26-22(31-23)18-10-5-15(3)11-21(18)30-4/h5-14H,1-4H3. The molecule has 0 aliphatic carbocycles. The molecule has 0 saturated heterocycles. The highest BCUT2D eigenvalue weighted by molar-refractivity contribution is 7.92. The number of sulfone groups is 1. The van der Waals surface area contributed by atoms with Crippen LogP contribution >= 0.6 is 0 Å². The van der Waals surface area contributed by atoms with Crippen molar-refractivity contribution in [2.45, 2.75) is 30.9 Å². The molecule has 9 heteroatoms. The molecule has 32 heavy (non-hydrogen) atoms. The second kappa shape index (κ2) is 8.51. The first kappa shape index (κ1) is 21.6. The third-order valence-corrected chi connectivity index (χ3v) is 7.14. The number of aryl methyl sites for hydroxylation is 1. The molecule has 0 bridgehead atoms. The van der Waals surface area contributed by atoms with E-state index in [4.69, 9.17) is 9.15 Å². The summed E-state index contributed by atoms with van der Waals surface area (Å²) in [5.41, 5.74) is 3.43. The van der Waals surface area contributed by atoms with Crippen LogP contribution < -0.4 is 4.74 Å². The van der Waals surface area contributed by atoms with Gasteiger partial charge in [0.15, 0.2) is 9.84 Å². The first-order chi connectivity index (χ1) is 15.3. The maximum atomic E-state index is 12.3. The Kier molecular flexibility index (Phi) is 5.75. The monoisotopic (exact) mass is 450 g/mol. The minimum absolute atomic E-state index is 0.219. The van der Waals surface area contributed by atoms with Crippen LogP contribution in [0.25, 0.3) is 34.3 Å². The van der Waals surface area contributed by atoms with Crippen LogP contribution in [-0.2, 0) is 9.84 Å². The molecule has 0 aliphatic heterocycles. The summed E-state index contributed by atoms with van der Waals surface area (Å²) in [7, 11) is -1.75. The van der Waals surface area contributed by atoms with Crippen molar-refractivity contribution in [1.82, 2.24) is 20.2 Å². The summed E-state index contributed by atoms with van der Waals surface area (Å²) in [6.07, 6.45) is 3.13. The van der Waals surface area contributed by atoms with Gasteiger partial charge in [-0.05, 0) is 50.6 Å². The number of nitrogens with zero attached hydrogens (tertiary/aromatic N) is 4. The van der Waals surface area contributed by atoms with Gasteiger partial charge in [-0.2, -0.15) is 0 Å². The van der Waals surface area contributed by atoms with Crippen LogP contribution in [-0.4, -0.2) is 40.9 Å². The van der Waals surface area contributed by atoms with Crippen molar-refractivity contribution in [3.05, 3.63) is 60.4 Å². The van der Waals surface area contributed by atoms with Gasteiger partial charge in [0.05, 0.1) is 40.9 Å². The lowest BCUT2D eigenvalue weighted by Crippen LogP contribution is -2.13. The molecule has 2 aromatic heterocycles. The third kappa shape index (κ3) is 4.11. The molecule has 164 valence electrons. The molecule has 4 aromatic rings. The number of methoxy groups -OCH3 is 1. The van der Waals surface area contributed by atoms with E-state index in [0.717, 1.165) is 11.1 Å². The summed E-state index contributed by atoms with van der Waals surface area (Å²) >= 11 is 0. The Labute approximate surface area is 186 Å². The molecule has 0 amide bonds. The predicted octanol–water partition coefficient (Wildman–Crippen LogP) is 4.36. The second-order valence-electron chi connectivity index (χ2n) is 7.52. The summed E-state index contributed by atoms with van der Waals surface area (Å²) in [5.74, 6) is 1.17. The quantitative estimate of drug-likeness (QED) is 0.426. The highest BCUT2D eigenvalue weighted by atomic mass is 32.2. The van der Waals surface area contributed by atoms with Crippen LogP contribution in [0.2, 0.25) is 0 Å². The SMILES string of the molecule is COc1cc(C)ccc1-c1nnc(-c2cncc(-c3ccc(S(=O)(=O)C(C)C)cc3)n2)o1. The van der Waals surface area contributed by atoms with Crippen LogP contribution in [0.5, 0.6) is 5.75 Å². The van der Waals surface area contributed by atoms with E-state index in [-0.39, 0.29) is 10.8 Å². The van der Waals surface area contributed by atoms with Crippen molar-refractivity contribution in [3.63, 3.8) is 0 Å². The Morgan fingerprint density at radius 3 is 2.31 bits per heavy atom. The Hall–Kier alpha value is -3.59. The zero-order valence-electron chi connectivity index (χ0n) is 18.1. The van der Waals surface area contributed by atoms with Crippen LogP contribution in [0.4, 0.5) is 0 Å². The molecule has 0 N–H and O–H groups in total. The molecular weight excluding hydrogens is 428 g/mol. The van der Waals surface area contributed by atoms with Crippen molar-refractivity contribution in [2.75, 3.05) is 7.11 Å². The largest absolute Gasteiger partial charge is 0.496 e. The fraction of sp³-hybridized carbons (Fsp3) is 0.217. The van der Waals surface area contributed by atoms with Gasteiger partial charge in [0.1, 0.15) is 11.4 Å². The number of aromatic nitrogens is 4. The molecule has 2 heterocycles. The van der Waals surface area contributed by atoms with Gasteiger partial charge in [-0.3, -0.25) is 4.98 Å². The Bertz CT molecular complexity index is 1360. The molecule has 0 saturated carbocycles. The normalized spacial score (nSPS) is 11.7. The van der Waals surface area contributed by atoms with E-state index in [1.165, 1.54) is 6.20 Å². The summed E-state index contributed by atoms with van der Waals surface area (Å²) < 4.78 is 35.9. The summed E-state index contributed by atoms with van der Waals surface area (Å²) in [4.78, 5) is 9.07. The van der Waals surface area contributed by atoms with Crippen LogP contribution in [0.3, 0.4) is 0 Å². The highest BCUT2D eigenvalue weighted by Crippen LogP contribution is 2.31. The van der Waals surface area contributed by atoms with Crippen molar-refractivity contribution in [3.8, 4) is 40.0 Å². The maximum absolute atomic E-state index is 12.3. The smallest absolute Gasteiger partial charge is 0.268 e. The predicted molar refractivity (Wildman–Crippen MR) is 120 cm³/mol. The molecule has 0 fully saturated rings. The minimum atomic E-state index is -3.34. The van der Waals surface area contributed by atoms with Gasteiger partial charge in [-0.25, -0.2) is 13.4 Å². The minimum Gasteiger partial charge on any atom is -0.496 e. The fourth-order valence-corrected chi connectivity index (χ4v) is 4.17. The van der Waals surface area contributed by atoms with E-state index in [0.29, 0.717) is 28.6 Å². The van der Waals surface area contributed by atoms with E-state index >= 15 is 0 Å². The van der Waals surface area contributed by atoms with E-state index in [9.17, 15) is 8.42 Å². The van der Waals surface area contributed by atoms with Crippen molar-refractivity contribution in [2.24, 2.45) is 0 Å². The zero-order valence-corrected chi connectivity index (χ0v) is 18.9. The third-order valence-electron chi connectivity index (χ3n) is 4.97. The van der Waals surface area contributed by atoms with Gasteiger partial charge in [0, 0.05) is 5.56 Å². The first-order valence-electron chi connectivity index (χ1n) is 9.95. The average Bonchev–Trinajstić information content (AvgIpc) is 3.29. The lowest BCUT2D eigenvalue weighted by Gasteiger charge is -2.08. The number of hydrogen-bond acceptors (Lipinski definition) is 8. The highest BCUT2D eigenvalue weighted by Gasteiger charge is 2.19. The summed E-state index contributed by atoms with van der Waals surface area (Å²) in [5, 5.41) is 7.74. The molecule has 0 atom stereocenters. The summed E-state index contributed by atoms with van der Waals surface area (Å²) in [6, 6.07) is 12.3. The van der Waals surface area contributed by atoms with Crippen LogP contribution in [0.1, 0.15) is 19.4 Å². The molecule has 0 spiro atoms. The Balaban J connectivity index is 1.65. The van der Waals surface area contributed by atoms with Gasteiger partial charge in [0.2, 0.25) is 0 Å². The molecular formula is C23H22N4O4S. The number of hydrogen-bond donors (Lipinski definition) is 0. The van der Waals surface area contributed by atoms with E-state index in [2.05, 4.69) is 20.2 Å². The second-order valence-corrected chi connectivity index (χ2v) is 10.0. The van der Waals surface area contributed by atoms with E-state index in [1.54, 1.807) is 51.4 Å². The van der Waals surface area contributed by atoms with Gasteiger partial charge >= 0.3 is 0 Å². The molecule has 0 unspecified atom stereocenters. The van der Waals surface area contributed by atoms with Gasteiger partial charge in [-0.1, -0.05) is 18.2 Å². The fourth-order valence-electron chi connectivity index (χ4n) is 3.11. The topological polar surface area (TPSA) is 108 Å². The first-order valence-corrected chi connectivity index (χ1v) is 11.5. The Morgan fingerprint density at radius 1 is 0.938 bits per heavy atom. The lowest BCUT2D eigenvalue weighted by atomic mass is 10.1. The molecule has 0 aliphatic rings. The van der Waals surface area contributed by atoms with Crippen molar-refractivity contribution < 1.29 is 17.6 Å². The van der Waals surface area contributed by atoms with E-state index in [1.807, 2.05) is 25.1 Å². The Morgan fingerprint density at radius 2 is 1.62 bits per heavy atom. The van der Waals surface area contributed by atoms with Crippen molar-refractivity contribution in [1.29, 1.82) is 0 Å². The van der Waals surface area contributed by atoms with Gasteiger partial charge in [0.25, 0.3) is 11.8 Å². The lowest BCUT2D eigenvalue weighted by molar-refractivity contribution is 0.414. The van der Waals surface area contributed by atoms with Crippen LogP contribution in [0, 0.1) is 6.92 Å². The molecule has 4 rings (SSSR count).